The molecule has 0 aliphatic rings. The van der Waals surface area contributed by atoms with E-state index in [9.17, 15) is 0 Å². The smallest absolute Gasteiger partial charge is 0.142 e. The first-order chi connectivity index (χ1) is 8.54. The second-order valence-corrected chi connectivity index (χ2v) is 5.39. The molecule has 0 aliphatic carbocycles. The van der Waals surface area contributed by atoms with Crippen LogP contribution in [0.2, 0.25) is 0 Å². The Balaban J connectivity index is 2.82. The maximum Gasteiger partial charge on any atom is 0.142 e. The van der Waals surface area contributed by atoms with Crippen LogP contribution in [0.3, 0.4) is 0 Å². The predicted molar refractivity (Wildman–Crippen MR) is 82.2 cm³/mol. The minimum absolute atomic E-state index is 0.514. The SMILES string of the molecule is COCCN(CCC(N)=S)c1ncc(C)cc1Br. The Hall–Kier alpha value is -0.720. The fourth-order valence-electron chi connectivity index (χ4n) is 1.53. The number of thiocarbonyl (C=S) groups is 1. The van der Waals surface area contributed by atoms with E-state index in [1.165, 1.54) is 0 Å². The van der Waals surface area contributed by atoms with Crippen LogP contribution in [0.4, 0.5) is 5.82 Å². The molecular weight excluding hydrogens is 314 g/mol. The van der Waals surface area contributed by atoms with E-state index in [1.54, 1.807) is 7.11 Å². The van der Waals surface area contributed by atoms with Gasteiger partial charge in [-0.25, -0.2) is 4.98 Å². The summed E-state index contributed by atoms with van der Waals surface area (Å²) >= 11 is 8.46. The average Bonchev–Trinajstić information content (AvgIpc) is 2.30. The van der Waals surface area contributed by atoms with Crippen LogP contribution in [0.15, 0.2) is 16.7 Å². The van der Waals surface area contributed by atoms with Crippen molar-refractivity contribution in [3.05, 3.63) is 22.3 Å². The number of halogens is 1. The van der Waals surface area contributed by atoms with Crippen molar-refractivity contribution in [1.82, 2.24) is 4.98 Å². The largest absolute Gasteiger partial charge is 0.393 e. The van der Waals surface area contributed by atoms with Crippen molar-refractivity contribution >= 4 is 39.0 Å². The van der Waals surface area contributed by atoms with Crippen molar-refractivity contribution < 1.29 is 4.74 Å². The third kappa shape index (κ3) is 4.88. The molecule has 0 unspecified atom stereocenters. The summed E-state index contributed by atoms with van der Waals surface area (Å²) < 4.78 is 6.09. The molecule has 0 spiro atoms. The number of anilines is 1. The van der Waals surface area contributed by atoms with E-state index in [2.05, 4.69) is 25.8 Å². The Morgan fingerprint density at radius 1 is 1.56 bits per heavy atom. The summed E-state index contributed by atoms with van der Waals surface area (Å²) in [6.45, 7) is 4.15. The topological polar surface area (TPSA) is 51.4 Å². The van der Waals surface area contributed by atoms with Gasteiger partial charge in [0.1, 0.15) is 5.82 Å². The van der Waals surface area contributed by atoms with Gasteiger partial charge in [-0.1, -0.05) is 12.2 Å². The molecule has 4 nitrogen and oxygen atoms in total. The molecule has 18 heavy (non-hydrogen) atoms. The number of pyridine rings is 1. The molecule has 0 radical (unpaired) electrons. The van der Waals surface area contributed by atoms with Crippen LogP contribution >= 0.6 is 28.1 Å². The molecule has 0 aromatic carbocycles. The van der Waals surface area contributed by atoms with E-state index in [1.807, 2.05) is 19.2 Å². The van der Waals surface area contributed by atoms with Crippen molar-refractivity contribution in [1.29, 1.82) is 0 Å². The summed E-state index contributed by atoms with van der Waals surface area (Å²) in [6.07, 6.45) is 2.52. The monoisotopic (exact) mass is 331 g/mol. The highest BCUT2D eigenvalue weighted by Crippen LogP contribution is 2.24. The lowest BCUT2D eigenvalue weighted by Gasteiger charge is -2.24. The highest BCUT2D eigenvalue weighted by atomic mass is 79.9. The standard InChI is InChI=1S/C12H18BrN3OS/c1-9-7-10(13)12(15-8-9)16(5-6-17-2)4-3-11(14)18/h7-8H,3-6H2,1-2H3,(H2,14,18). The molecule has 1 heterocycles. The van der Waals surface area contributed by atoms with Gasteiger partial charge < -0.3 is 15.4 Å². The Bertz CT molecular complexity index is 414. The van der Waals surface area contributed by atoms with E-state index in [0.29, 0.717) is 18.0 Å². The summed E-state index contributed by atoms with van der Waals surface area (Å²) in [5.41, 5.74) is 6.67. The molecule has 6 heteroatoms. The lowest BCUT2D eigenvalue weighted by molar-refractivity contribution is 0.205. The molecule has 1 aromatic heterocycles. The number of aromatic nitrogens is 1. The van der Waals surface area contributed by atoms with Gasteiger partial charge in [-0.3, -0.25) is 0 Å². The number of nitrogens with two attached hydrogens (primary N) is 1. The first kappa shape index (κ1) is 15.3. The van der Waals surface area contributed by atoms with Gasteiger partial charge >= 0.3 is 0 Å². The molecule has 1 rings (SSSR count). The predicted octanol–water partition coefficient (Wildman–Crippen LogP) is 2.28. The van der Waals surface area contributed by atoms with Gasteiger partial charge in [0.05, 0.1) is 16.1 Å². The zero-order valence-electron chi connectivity index (χ0n) is 10.6. The molecule has 2 N–H and O–H groups in total. The van der Waals surface area contributed by atoms with Crippen molar-refractivity contribution in [2.24, 2.45) is 5.73 Å². The molecule has 1 aromatic rings. The summed E-state index contributed by atoms with van der Waals surface area (Å²) in [4.78, 5) is 7.08. The Morgan fingerprint density at radius 3 is 2.83 bits per heavy atom. The van der Waals surface area contributed by atoms with Gasteiger partial charge in [0.25, 0.3) is 0 Å². The van der Waals surface area contributed by atoms with E-state index in [0.717, 1.165) is 28.9 Å². The van der Waals surface area contributed by atoms with Crippen LogP contribution in [0, 0.1) is 6.92 Å². The summed E-state index contributed by atoms with van der Waals surface area (Å²) in [5, 5.41) is 0. The quantitative estimate of drug-likeness (QED) is 0.777. The summed E-state index contributed by atoms with van der Waals surface area (Å²) in [7, 11) is 1.68. The first-order valence-electron chi connectivity index (χ1n) is 5.69. The zero-order chi connectivity index (χ0) is 13.5. The van der Waals surface area contributed by atoms with Gasteiger partial charge in [-0.05, 0) is 34.5 Å². The van der Waals surface area contributed by atoms with Gasteiger partial charge in [0.15, 0.2) is 0 Å². The molecule has 0 atom stereocenters. The average molecular weight is 332 g/mol. The Morgan fingerprint density at radius 2 is 2.28 bits per heavy atom. The van der Waals surface area contributed by atoms with Crippen LogP contribution in [0.5, 0.6) is 0 Å². The maximum absolute atomic E-state index is 5.55. The Kier molecular flexibility index (Phi) is 6.52. The van der Waals surface area contributed by atoms with Gasteiger partial charge in [-0.2, -0.15) is 0 Å². The molecule has 100 valence electrons. The number of methoxy groups -OCH3 is 1. The van der Waals surface area contributed by atoms with Gasteiger partial charge in [0.2, 0.25) is 0 Å². The highest BCUT2D eigenvalue weighted by molar-refractivity contribution is 9.10. The first-order valence-corrected chi connectivity index (χ1v) is 6.89. The fraction of sp³-hybridized carbons (Fsp3) is 0.500. The second kappa shape index (κ2) is 7.66. The van der Waals surface area contributed by atoms with Crippen LogP contribution < -0.4 is 10.6 Å². The number of aryl methyl sites for hydroxylation is 1. The summed E-state index contributed by atoms with van der Waals surface area (Å²) in [5.74, 6) is 0.897. The second-order valence-electron chi connectivity index (χ2n) is 4.01. The number of rotatable bonds is 7. The van der Waals surface area contributed by atoms with Crippen LogP contribution in [0.1, 0.15) is 12.0 Å². The normalized spacial score (nSPS) is 10.4. The fourth-order valence-corrected chi connectivity index (χ4v) is 2.33. The number of hydrogen-bond donors (Lipinski definition) is 1. The van der Waals surface area contributed by atoms with Crippen molar-refractivity contribution in [2.75, 3.05) is 31.7 Å². The van der Waals surface area contributed by atoms with Crippen molar-refractivity contribution in [2.45, 2.75) is 13.3 Å². The van der Waals surface area contributed by atoms with E-state index >= 15 is 0 Å². The highest BCUT2D eigenvalue weighted by Gasteiger charge is 2.12. The number of hydrogen-bond acceptors (Lipinski definition) is 4. The van der Waals surface area contributed by atoms with Crippen LogP contribution in [-0.2, 0) is 4.74 Å². The summed E-state index contributed by atoms with van der Waals surface area (Å²) in [6, 6.07) is 2.04. The van der Waals surface area contributed by atoms with Crippen molar-refractivity contribution in [3.8, 4) is 0 Å². The minimum Gasteiger partial charge on any atom is -0.393 e. The van der Waals surface area contributed by atoms with Gasteiger partial charge in [0, 0.05) is 32.8 Å². The third-order valence-electron chi connectivity index (χ3n) is 2.45. The lowest BCUT2D eigenvalue weighted by atomic mass is 10.3. The van der Waals surface area contributed by atoms with Crippen LogP contribution in [-0.4, -0.2) is 36.8 Å². The maximum atomic E-state index is 5.55. The Labute approximate surface area is 122 Å². The lowest BCUT2D eigenvalue weighted by Crippen LogP contribution is -2.31. The molecular formula is C12H18BrN3OS. The van der Waals surface area contributed by atoms with E-state index in [-0.39, 0.29) is 0 Å². The van der Waals surface area contributed by atoms with Crippen molar-refractivity contribution in [3.63, 3.8) is 0 Å². The number of nitrogens with zero attached hydrogens (tertiary/aromatic N) is 2. The molecule has 0 aliphatic heterocycles. The molecule has 0 saturated carbocycles. The van der Waals surface area contributed by atoms with Gasteiger partial charge in [-0.15, -0.1) is 0 Å². The molecule has 0 fully saturated rings. The zero-order valence-corrected chi connectivity index (χ0v) is 13.1. The molecule has 0 saturated heterocycles. The van der Waals surface area contributed by atoms with E-state index < -0.39 is 0 Å². The van der Waals surface area contributed by atoms with Crippen LogP contribution in [0.25, 0.3) is 0 Å². The molecule has 0 amide bonds. The minimum atomic E-state index is 0.514. The number of ether oxygens (including phenoxy) is 1. The molecule has 0 bridgehead atoms. The van der Waals surface area contributed by atoms with E-state index in [4.69, 9.17) is 22.7 Å². The third-order valence-corrected chi connectivity index (χ3v) is 3.24.